The Balaban J connectivity index is 1.64. The lowest BCUT2D eigenvalue weighted by atomic mass is 10.1. The Morgan fingerprint density at radius 3 is 3.00 bits per heavy atom. The Bertz CT molecular complexity index is 970. The first-order chi connectivity index (χ1) is 11.1. The molecule has 3 aromatic rings. The first-order valence-corrected chi connectivity index (χ1v) is 7.26. The zero-order valence-electron chi connectivity index (χ0n) is 12.5. The molecule has 5 nitrogen and oxygen atoms in total. The van der Waals surface area contributed by atoms with Crippen molar-refractivity contribution in [1.29, 1.82) is 0 Å². The molecule has 0 amide bonds. The van der Waals surface area contributed by atoms with Crippen molar-refractivity contribution in [2.45, 2.75) is 6.42 Å². The van der Waals surface area contributed by atoms with Crippen molar-refractivity contribution in [3.05, 3.63) is 65.3 Å². The summed E-state index contributed by atoms with van der Waals surface area (Å²) < 4.78 is 7.97. The van der Waals surface area contributed by atoms with Crippen LogP contribution in [0.1, 0.15) is 21.6 Å². The molecule has 2 aromatic heterocycles. The highest BCUT2D eigenvalue weighted by Gasteiger charge is 2.22. The molecule has 1 aromatic carbocycles. The standard InChI is InChI=1S/C18H14N2O3/c1-20-7-5-11-2-3-12(10-17(11)20)23-13-8-15-14(18(21)22)4-6-19-16(15)9-13/h2-7,9-10H,8H2,1H3,(H,21,22). The molecule has 0 fully saturated rings. The number of carboxylic acid groups (broad SMARTS) is 1. The number of hydrogen-bond acceptors (Lipinski definition) is 3. The van der Waals surface area contributed by atoms with Crippen molar-refractivity contribution in [1.82, 2.24) is 9.55 Å². The Hall–Kier alpha value is -3.08. The normalized spacial score (nSPS) is 13.0. The van der Waals surface area contributed by atoms with E-state index in [0.29, 0.717) is 23.4 Å². The number of benzene rings is 1. The van der Waals surface area contributed by atoms with E-state index in [1.807, 2.05) is 42.1 Å². The highest BCUT2D eigenvalue weighted by atomic mass is 16.5. The maximum absolute atomic E-state index is 11.3. The van der Waals surface area contributed by atoms with Crippen LogP contribution in [0.2, 0.25) is 0 Å². The van der Waals surface area contributed by atoms with Crippen molar-refractivity contribution in [3.63, 3.8) is 0 Å². The number of hydrogen-bond donors (Lipinski definition) is 1. The Morgan fingerprint density at radius 1 is 1.30 bits per heavy atom. The lowest BCUT2D eigenvalue weighted by Gasteiger charge is -2.08. The quantitative estimate of drug-likeness (QED) is 0.806. The zero-order valence-corrected chi connectivity index (χ0v) is 12.5. The van der Waals surface area contributed by atoms with Crippen molar-refractivity contribution in [3.8, 4) is 5.75 Å². The minimum atomic E-state index is -0.941. The van der Waals surface area contributed by atoms with Crippen LogP contribution in [0.25, 0.3) is 17.0 Å². The molecule has 0 saturated heterocycles. The monoisotopic (exact) mass is 306 g/mol. The van der Waals surface area contributed by atoms with Crippen LogP contribution >= 0.6 is 0 Å². The fourth-order valence-corrected chi connectivity index (χ4v) is 2.92. The highest BCUT2D eigenvalue weighted by molar-refractivity contribution is 5.91. The molecule has 0 spiro atoms. The molecule has 114 valence electrons. The van der Waals surface area contributed by atoms with Gasteiger partial charge in [-0.05, 0) is 35.2 Å². The molecule has 2 heterocycles. The van der Waals surface area contributed by atoms with Crippen LogP contribution in [0.15, 0.2) is 48.5 Å². The molecule has 23 heavy (non-hydrogen) atoms. The summed E-state index contributed by atoms with van der Waals surface area (Å²) in [5.74, 6) is 0.494. The second-order valence-corrected chi connectivity index (χ2v) is 5.56. The summed E-state index contributed by atoms with van der Waals surface area (Å²) in [4.78, 5) is 15.5. The van der Waals surface area contributed by atoms with Gasteiger partial charge >= 0.3 is 5.97 Å². The number of aromatic nitrogens is 2. The molecular weight excluding hydrogens is 292 g/mol. The van der Waals surface area contributed by atoms with Crippen LogP contribution in [0.4, 0.5) is 0 Å². The van der Waals surface area contributed by atoms with E-state index in [9.17, 15) is 9.90 Å². The van der Waals surface area contributed by atoms with E-state index in [2.05, 4.69) is 4.98 Å². The van der Waals surface area contributed by atoms with Crippen molar-refractivity contribution >= 4 is 22.9 Å². The molecule has 0 saturated carbocycles. The maximum atomic E-state index is 11.3. The van der Waals surface area contributed by atoms with Gasteiger partial charge < -0.3 is 14.4 Å². The summed E-state index contributed by atoms with van der Waals surface area (Å²) >= 11 is 0. The van der Waals surface area contributed by atoms with E-state index in [1.54, 1.807) is 6.08 Å². The topological polar surface area (TPSA) is 64.4 Å². The largest absolute Gasteiger partial charge is 0.478 e. The van der Waals surface area contributed by atoms with Gasteiger partial charge in [0.1, 0.15) is 11.5 Å². The average molecular weight is 306 g/mol. The average Bonchev–Trinajstić information content (AvgIpc) is 3.10. The lowest BCUT2D eigenvalue weighted by Crippen LogP contribution is -2.04. The Morgan fingerprint density at radius 2 is 2.17 bits per heavy atom. The summed E-state index contributed by atoms with van der Waals surface area (Å²) in [5.41, 5.74) is 2.74. The minimum Gasteiger partial charge on any atom is -0.478 e. The van der Waals surface area contributed by atoms with Gasteiger partial charge in [-0.2, -0.15) is 0 Å². The van der Waals surface area contributed by atoms with E-state index < -0.39 is 5.97 Å². The molecule has 0 unspecified atom stereocenters. The second-order valence-electron chi connectivity index (χ2n) is 5.56. The molecule has 0 radical (unpaired) electrons. The first kappa shape index (κ1) is 13.6. The lowest BCUT2D eigenvalue weighted by molar-refractivity contribution is 0.0695. The summed E-state index contributed by atoms with van der Waals surface area (Å²) in [6.45, 7) is 0. The fraction of sp³-hybridized carbons (Fsp3) is 0.111. The number of pyridine rings is 1. The fourth-order valence-electron chi connectivity index (χ4n) is 2.92. The number of aromatic carboxylic acids is 1. The molecule has 0 aliphatic heterocycles. The number of carboxylic acids is 1. The van der Waals surface area contributed by atoms with Gasteiger partial charge in [-0.3, -0.25) is 4.98 Å². The molecular formula is C18H14N2O3. The van der Waals surface area contributed by atoms with Crippen LogP contribution < -0.4 is 4.74 Å². The summed E-state index contributed by atoms with van der Waals surface area (Å²) in [7, 11) is 1.99. The number of carbonyl (C=O) groups is 1. The molecule has 1 aliphatic rings. The third kappa shape index (κ3) is 2.26. The maximum Gasteiger partial charge on any atom is 0.336 e. The number of fused-ring (bicyclic) bond motifs is 2. The van der Waals surface area contributed by atoms with Gasteiger partial charge in [-0.1, -0.05) is 0 Å². The molecule has 1 aliphatic carbocycles. The zero-order chi connectivity index (χ0) is 16.0. The minimum absolute atomic E-state index is 0.280. The van der Waals surface area contributed by atoms with Crippen LogP contribution in [0.5, 0.6) is 5.75 Å². The Kier molecular flexibility index (Phi) is 2.94. The van der Waals surface area contributed by atoms with Crippen molar-refractivity contribution in [2.24, 2.45) is 7.05 Å². The van der Waals surface area contributed by atoms with E-state index in [0.717, 1.165) is 16.7 Å². The predicted octanol–water partition coefficient (Wildman–Crippen LogP) is 3.25. The van der Waals surface area contributed by atoms with Crippen LogP contribution in [-0.4, -0.2) is 20.6 Å². The van der Waals surface area contributed by atoms with Crippen LogP contribution in [-0.2, 0) is 13.5 Å². The molecule has 0 atom stereocenters. The number of allylic oxidation sites excluding steroid dienone is 1. The summed E-state index contributed by atoms with van der Waals surface area (Å²) in [6.07, 6.45) is 5.76. The van der Waals surface area contributed by atoms with Crippen LogP contribution in [0, 0.1) is 0 Å². The third-order valence-corrected chi connectivity index (χ3v) is 4.08. The third-order valence-electron chi connectivity index (χ3n) is 4.08. The smallest absolute Gasteiger partial charge is 0.336 e. The number of ether oxygens (including phenoxy) is 1. The molecule has 1 N–H and O–H groups in total. The summed E-state index contributed by atoms with van der Waals surface area (Å²) in [6, 6.07) is 9.47. The number of aryl methyl sites for hydroxylation is 1. The SMILES string of the molecule is Cn1ccc2ccc(OC3=Cc4nccc(C(=O)O)c4C3)cc21. The summed E-state index contributed by atoms with van der Waals surface area (Å²) in [5, 5.41) is 10.4. The van der Waals surface area contributed by atoms with E-state index in [4.69, 9.17) is 4.74 Å². The van der Waals surface area contributed by atoms with Gasteiger partial charge in [0.25, 0.3) is 0 Å². The molecule has 0 bridgehead atoms. The number of nitrogens with zero attached hydrogens (tertiary/aromatic N) is 2. The second kappa shape index (κ2) is 4.98. The predicted molar refractivity (Wildman–Crippen MR) is 86.4 cm³/mol. The van der Waals surface area contributed by atoms with Gasteiger partial charge in [0.15, 0.2) is 0 Å². The van der Waals surface area contributed by atoms with Crippen molar-refractivity contribution in [2.75, 3.05) is 0 Å². The highest BCUT2D eigenvalue weighted by Crippen LogP contribution is 2.29. The van der Waals surface area contributed by atoms with Crippen LogP contribution in [0.3, 0.4) is 0 Å². The molecule has 4 rings (SSSR count). The number of rotatable bonds is 3. The van der Waals surface area contributed by atoms with E-state index in [-0.39, 0.29) is 5.56 Å². The van der Waals surface area contributed by atoms with Gasteiger partial charge in [0.2, 0.25) is 0 Å². The van der Waals surface area contributed by atoms with Gasteiger partial charge in [-0.15, -0.1) is 0 Å². The Labute approximate surface area is 132 Å². The molecule has 5 heteroatoms. The van der Waals surface area contributed by atoms with E-state index in [1.165, 1.54) is 12.3 Å². The van der Waals surface area contributed by atoms with Crippen molar-refractivity contribution < 1.29 is 14.6 Å². The van der Waals surface area contributed by atoms with Gasteiger partial charge in [0, 0.05) is 38.0 Å². The van der Waals surface area contributed by atoms with E-state index >= 15 is 0 Å². The first-order valence-electron chi connectivity index (χ1n) is 7.26. The van der Waals surface area contributed by atoms with Gasteiger partial charge in [-0.25, -0.2) is 4.79 Å². The van der Waals surface area contributed by atoms with Gasteiger partial charge in [0.05, 0.1) is 16.8 Å².